The van der Waals surface area contributed by atoms with Gasteiger partial charge in [0.15, 0.2) is 11.6 Å². The summed E-state index contributed by atoms with van der Waals surface area (Å²) in [5.74, 6) is 0.0675. The summed E-state index contributed by atoms with van der Waals surface area (Å²) in [6.45, 7) is 6.44. The lowest BCUT2D eigenvalue weighted by Crippen LogP contribution is -2.41. The summed E-state index contributed by atoms with van der Waals surface area (Å²) in [5.41, 5.74) is 0.240. The fourth-order valence-electron chi connectivity index (χ4n) is 1.57. The molecular weight excluding hydrogens is 205 g/mol. The Hall–Kier alpha value is -1.09. The largest absolute Gasteiger partial charge is 0.483 e. The molecule has 1 rings (SSSR count). The van der Waals surface area contributed by atoms with Crippen molar-refractivity contribution in [3.63, 3.8) is 0 Å². The van der Waals surface area contributed by atoms with E-state index >= 15 is 0 Å². The number of hydrogen-bond donors (Lipinski definition) is 1. The molecule has 3 heteroatoms. The van der Waals surface area contributed by atoms with Gasteiger partial charge >= 0.3 is 0 Å². The maximum Gasteiger partial charge on any atom is 0.167 e. The molecule has 90 valence electrons. The highest BCUT2D eigenvalue weighted by Gasteiger charge is 2.24. The number of rotatable bonds is 5. The number of hydrogen-bond acceptors (Lipinski definition) is 2. The molecule has 16 heavy (non-hydrogen) atoms. The number of likely N-dealkylation sites (N-methyl/N-ethyl adjacent to an activating group) is 1. The van der Waals surface area contributed by atoms with Crippen LogP contribution in [-0.4, -0.2) is 19.2 Å². The second kappa shape index (κ2) is 5.30. The van der Waals surface area contributed by atoms with Crippen molar-refractivity contribution in [2.45, 2.75) is 32.8 Å². The van der Waals surface area contributed by atoms with Gasteiger partial charge in [-0.3, -0.25) is 0 Å². The highest BCUT2D eigenvalue weighted by atomic mass is 19.1. The van der Waals surface area contributed by atoms with E-state index in [0.717, 1.165) is 6.42 Å². The fraction of sp³-hybridized carbons (Fsp3) is 0.538. The molecule has 0 amide bonds. The van der Waals surface area contributed by atoms with E-state index in [-0.39, 0.29) is 11.4 Å². The van der Waals surface area contributed by atoms with Crippen molar-refractivity contribution in [3.8, 4) is 5.75 Å². The molecule has 1 aromatic rings. The van der Waals surface area contributed by atoms with Gasteiger partial charge in [0.1, 0.15) is 5.60 Å². The normalized spacial score (nSPS) is 14.6. The minimum absolute atomic E-state index is 0.265. The van der Waals surface area contributed by atoms with Crippen molar-refractivity contribution < 1.29 is 9.13 Å². The van der Waals surface area contributed by atoms with E-state index in [0.29, 0.717) is 17.9 Å². The van der Waals surface area contributed by atoms with Gasteiger partial charge < -0.3 is 10.1 Å². The minimum atomic E-state index is -0.372. The Kier molecular flexibility index (Phi) is 4.30. The van der Waals surface area contributed by atoms with Crippen molar-refractivity contribution in [3.05, 3.63) is 29.6 Å². The third kappa shape index (κ3) is 2.95. The first-order valence-corrected chi connectivity index (χ1v) is 5.61. The molecule has 0 aliphatic carbocycles. The van der Waals surface area contributed by atoms with Gasteiger partial charge in [-0.15, -0.1) is 0 Å². The van der Waals surface area contributed by atoms with Crippen LogP contribution in [0.15, 0.2) is 18.2 Å². The van der Waals surface area contributed by atoms with E-state index in [4.69, 9.17) is 4.74 Å². The van der Waals surface area contributed by atoms with Crippen LogP contribution in [0, 0.1) is 12.7 Å². The third-order valence-corrected chi connectivity index (χ3v) is 2.81. The van der Waals surface area contributed by atoms with Gasteiger partial charge in [0.2, 0.25) is 0 Å². The third-order valence-electron chi connectivity index (χ3n) is 2.81. The van der Waals surface area contributed by atoms with Crippen LogP contribution in [0.5, 0.6) is 5.75 Å². The Morgan fingerprint density at radius 3 is 2.69 bits per heavy atom. The molecule has 2 nitrogen and oxygen atoms in total. The zero-order chi connectivity index (χ0) is 12.2. The van der Waals surface area contributed by atoms with E-state index < -0.39 is 0 Å². The van der Waals surface area contributed by atoms with Gasteiger partial charge in [-0.2, -0.15) is 0 Å². The summed E-state index contributed by atoms with van der Waals surface area (Å²) in [5, 5.41) is 3.07. The van der Waals surface area contributed by atoms with Crippen LogP contribution in [-0.2, 0) is 0 Å². The molecule has 1 aromatic carbocycles. The second-order valence-corrected chi connectivity index (χ2v) is 4.32. The summed E-state index contributed by atoms with van der Waals surface area (Å²) in [4.78, 5) is 0. The summed E-state index contributed by atoms with van der Waals surface area (Å²) >= 11 is 0. The molecule has 0 aliphatic rings. The molecule has 1 N–H and O–H groups in total. The van der Waals surface area contributed by atoms with Crippen molar-refractivity contribution in [1.82, 2.24) is 5.32 Å². The van der Waals surface area contributed by atoms with Crippen LogP contribution in [0.2, 0.25) is 0 Å². The molecule has 0 heterocycles. The molecule has 1 unspecified atom stereocenters. The fourth-order valence-corrected chi connectivity index (χ4v) is 1.57. The van der Waals surface area contributed by atoms with Crippen molar-refractivity contribution >= 4 is 0 Å². The topological polar surface area (TPSA) is 21.3 Å². The highest BCUT2D eigenvalue weighted by molar-refractivity contribution is 5.30. The quantitative estimate of drug-likeness (QED) is 0.832. The average molecular weight is 225 g/mol. The van der Waals surface area contributed by atoms with Crippen LogP contribution >= 0.6 is 0 Å². The SMILES string of the molecule is CCC(C)(CNC)Oc1cccc(C)c1F. The summed E-state index contributed by atoms with van der Waals surface area (Å²) in [6.07, 6.45) is 0.821. The van der Waals surface area contributed by atoms with Crippen LogP contribution in [0.1, 0.15) is 25.8 Å². The summed E-state index contributed by atoms with van der Waals surface area (Å²) in [6, 6.07) is 5.22. The Bertz CT molecular complexity index is 354. The van der Waals surface area contributed by atoms with Crippen molar-refractivity contribution in [1.29, 1.82) is 0 Å². The molecule has 0 fully saturated rings. The molecule has 0 aliphatic heterocycles. The van der Waals surface area contributed by atoms with E-state index in [2.05, 4.69) is 5.32 Å². The Morgan fingerprint density at radius 2 is 2.12 bits per heavy atom. The van der Waals surface area contributed by atoms with Gasteiger partial charge in [-0.25, -0.2) is 4.39 Å². The van der Waals surface area contributed by atoms with Crippen LogP contribution in [0.4, 0.5) is 4.39 Å². The molecule has 0 saturated carbocycles. The van der Waals surface area contributed by atoms with E-state index in [1.807, 2.05) is 27.0 Å². The first kappa shape index (κ1) is 13.0. The average Bonchev–Trinajstić information content (AvgIpc) is 2.25. The predicted molar refractivity (Wildman–Crippen MR) is 64.4 cm³/mol. The molecule has 0 aromatic heterocycles. The zero-order valence-electron chi connectivity index (χ0n) is 10.4. The smallest absolute Gasteiger partial charge is 0.167 e. The number of nitrogens with one attached hydrogen (secondary N) is 1. The Morgan fingerprint density at radius 1 is 1.44 bits per heavy atom. The zero-order valence-corrected chi connectivity index (χ0v) is 10.4. The predicted octanol–water partition coefficient (Wildman–Crippen LogP) is 2.90. The minimum Gasteiger partial charge on any atom is -0.483 e. The number of halogens is 1. The summed E-state index contributed by atoms with van der Waals surface area (Å²) < 4.78 is 19.5. The first-order chi connectivity index (χ1) is 7.52. The van der Waals surface area contributed by atoms with Gasteiger partial charge in [0.05, 0.1) is 0 Å². The highest BCUT2D eigenvalue weighted by Crippen LogP contribution is 2.25. The summed E-state index contributed by atoms with van der Waals surface area (Å²) in [7, 11) is 1.86. The standard InChI is InChI=1S/C13H20FNO/c1-5-13(3,9-15-4)16-11-8-6-7-10(2)12(11)14/h6-8,15H,5,9H2,1-4H3. The monoisotopic (exact) mass is 225 g/mol. The molecule has 0 saturated heterocycles. The Balaban J connectivity index is 2.90. The molecule has 1 atom stereocenters. The molecule has 0 bridgehead atoms. The van der Waals surface area contributed by atoms with Crippen molar-refractivity contribution in [2.75, 3.05) is 13.6 Å². The van der Waals surface area contributed by atoms with Crippen LogP contribution in [0.3, 0.4) is 0 Å². The number of benzene rings is 1. The number of ether oxygens (including phenoxy) is 1. The lowest BCUT2D eigenvalue weighted by molar-refractivity contribution is 0.0806. The lowest BCUT2D eigenvalue weighted by atomic mass is 10.0. The van der Waals surface area contributed by atoms with Crippen LogP contribution < -0.4 is 10.1 Å². The molecule has 0 radical (unpaired) electrons. The first-order valence-electron chi connectivity index (χ1n) is 5.61. The van der Waals surface area contributed by atoms with Gasteiger partial charge in [-0.1, -0.05) is 19.1 Å². The lowest BCUT2D eigenvalue weighted by Gasteiger charge is -2.29. The number of aryl methyl sites for hydroxylation is 1. The second-order valence-electron chi connectivity index (χ2n) is 4.32. The van der Waals surface area contributed by atoms with Gasteiger partial charge in [-0.05, 0) is 38.9 Å². The maximum atomic E-state index is 13.8. The van der Waals surface area contributed by atoms with Crippen molar-refractivity contribution in [2.24, 2.45) is 0 Å². The van der Waals surface area contributed by atoms with Gasteiger partial charge in [0.25, 0.3) is 0 Å². The maximum absolute atomic E-state index is 13.8. The molecule has 0 spiro atoms. The molecular formula is C13H20FNO. The van der Waals surface area contributed by atoms with Crippen LogP contribution in [0.25, 0.3) is 0 Å². The van der Waals surface area contributed by atoms with Gasteiger partial charge in [0, 0.05) is 6.54 Å². The Labute approximate surface area is 96.8 Å². The van der Waals surface area contributed by atoms with E-state index in [1.165, 1.54) is 0 Å². The van der Waals surface area contributed by atoms with E-state index in [1.54, 1.807) is 19.1 Å². The van der Waals surface area contributed by atoms with E-state index in [9.17, 15) is 4.39 Å².